The highest BCUT2D eigenvalue weighted by atomic mass is 32.2. The number of rotatable bonds is 3. The molecule has 1 aromatic carbocycles. The lowest BCUT2D eigenvalue weighted by molar-refractivity contribution is 0.270. The lowest BCUT2D eigenvalue weighted by Crippen LogP contribution is -2.05. The highest BCUT2D eigenvalue weighted by Crippen LogP contribution is 2.14. The van der Waals surface area contributed by atoms with Crippen molar-refractivity contribution in [1.29, 1.82) is 0 Å². The van der Waals surface area contributed by atoms with Gasteiger partial charge in [-0.15, -0.1) is 5.10 Å². The van der Waals surface area contributed by atoms with E-state index in [2.05, 4.69) is 20.8 Å². The summed E-state index contributed by atoms with van der Waals surface area (Å²) in [5.41, 5.74) is 1.60. The molecule has 0 saturated heterocycles. The van der Waals surface area contributed by atoms with E-state index >= 15 is 0 Å². The minimum absolute atomic E-state index is 0.0531. The molecule has 1 heterocycles. The maximum absolute atomic E-state index is 11.3. The van der Waals surface area contributed by atoms with E-state index in [-0.39, 0.29) is 5.24 Å². The van der Waals surface area contributed by atoms with Gasteiger partial charge in [-0.05, 0) is 40.4 Å². The van der Waals surface area contributed by atoms with Gasteiger partial charge in [0, 0.05) is 5.69 Å². The van der Waals surface area contributed by atoms with E-state index in [4.69, 9.17) is 0 Å². The van der Waals surface area contributed by atoms with Crippen molar-refractivity contribution in [3.63, 3.8) is 0 Å². The van der Waals surface area contributed by atoms with E-state index in [9.17, 15) is 4.79 Å². The molecular weight excluding hydrogens is 238 g/mol. The molecule has 1 N–H and O–H groups in total. The van der Waals surface area contributed by atoms with Crippen LogP contribution in [-0.2, 0) is 0 Å². The standard InChI is InChI=1S/C10H11N5OS/c1-2-17-10(16)12-8-3-5-9(6-4-8)15-7-11-13-14-15/h3-7H,2H2,1H3,(H,12,16). The fourth-order valence-electron chi connectivity index (χ4n) is 1.26. The minimum Gasteiger partial charge on any atom is -0.317 e. The van der Waals surface area contributed by atoms with Crippen LogP contribution in [0.1, 0.15) is 6.92 Å². The van der Waals surface area contributed by atoms with Gasteiger partial charge in [-0.25, -0.2) is 4.68 Å². The van der Waals surface area contributed by atoms with Gasteiger partial charge in [0.25, 0.3) is 5.24 Å². The third kappa shape index (κ3) is 3.04. The number of nitrogens with zero attached hydrogens (tertiary/aromatic N) is 4. The van der Waals surface area contributed by atoms with Crippen molar-refractivity contribution in [2.45, 2.75) is 6.92 Å². The molecule has 17 heavy (non-hydrogen) atoms. The van der Waals surface area contributed by atoms with Crippen LogP contribution >= 0.6 is 11.8 Å². The molecule has 0 fully saturated rings. The molecule has 1 amide bonds. The molecule has 6 nitrogen and oxygen atoms in total. The summed E-state index contributed by atoms with van der Waals surface area (Å²) >= 11 is 1.24. The molecule has 2 aromatic rings. The topological polar surface area (TPSA) is 72.7 Å². The van der Waals surface area contributed by atoms with Gasteiger partial charge in [-0.1, -0.05) is 18.7 Å². The van der Waals surface area contributed by atoms with Crippen LogP contribution in [0.2, 0.25) is 0 Å². The highest BCUT2D eigenvalue weighted by Gasteiger charge is 2.02. The first-order chi connectivity index (χ1) is 8.29. The van der Waals surface area contributed by atoms with E-state index in [1.807, 2.05) is 31.2 Å². The number of hydrogen-bond donors (Lipinski definition) is 1. The summed E-state index contributed by atoms with van der Waals surface area (Å²) < 4.78 is 1.55. The van der Waals surface area contributed by atoms with Crippen LogP contribution in [0.3, 0.4) is 0 Å². The number of carbonyl (C=O) groups is 1. The Hall–Kier alpha value is -1.89. The van der Waals surface area contributed by atoms with Gasteiger partial charge in [0.2, 0.25) is 0 Å². The lowest BCUT2D eigenvalue weighted by Gasteiger charge is -2.04. The first-order valence-electron chi connectivity index (χ1n) is 5.07. The molecule has 0 aliphatic heterocycles. The van der Waals surface area contributed by atoms with E-state index in [0.717, 1.165) is 17.1 Å². The second-order valence-corrected chi connectivity index (χ2v) is 4.38. The van der Waals surface area contributed by atoms with Gasteiger partial charge in [-0.3, -0.25) is 4.79 Å². The number of amides is 1. The molecule has 0 saturated carbocycles. The van der Waals surface area contributed by atoms with Crippen LogP contribution in [-0.4, -0.2) is 31.2 Å². The Kier molecular flexibility index (Phi) is 3.71. The summed E-state index contributed by atoms with van der Waals surface area (Å²) in [6, 6.07) is 7.29. The maximum Gasteiger partial charge on any atom is 0.283 e. The monoisotopic (exact) mass is 249 g/mol. The van der Waals surface area contributed by atoms with Gasteiger partial charge in [0.15, 0.2) is 0 Å². The Bertz CT molecular complexity index is 482. The van der Waals surface area contributed by atoms with Crippen molar-refractivity contribution in [3.05, 3.63) is 30.6 Å². The molecule has 0 atom stereocenters. The number of benzene rings is 1. The minimum atomic E-state index is -0.0531. The summed E-state index contributed by atoms with van der Waals surface area (Å²) in [5.74, 6) is 0.758. The number of aromatic nitrogens is 4. The third-order valence-electron chi connectivity index (χ3n) is 2.00. The van der Waals surface area contributed by atoms with Crippen LogP contribution in [0.4, 0.5) is 10.5 Å². The van der Waals surface area contributed by atoms with Gasteiger partial charge in [0.1, 0.15) is 6.33 Å². The number of tetrazole rings is 1. The molecule has 0 bridgehead atoms. The molecule has 1 aromatic heterocycles. The first-order valence-corrected chi connectivity index (χ1v) is 6.05. The number of hydrogen-bond acceptors (Lipinski definition) is 5. The van der Waals surface area contributed by atoms with Crippen molar-refractivity contribution >= 4 is 22.7 Å². The third-order valence-corrected chi connectivity index (χ3v) is 2.66. The molecule has 0 aliphatic rings. The Morgan fingerprint density at radius 2 is 2.18 bits per heavy atom. The average molecular weight is 249 g/mol. The number of anilines is 1. The van der Waals surface area contributed by atoms with Crippen LogP contribution in [0.25, 0.3) is 5.69 Å². The van der Waals surface area contributed by atoms with Crippen molar-refractivity contribution < 1.29 is 4.79 Å². The first kappa shape index (κ1) is 11.6. The second-order valence-electron chi connectivity index (χ2n) is 3.15. The van der Waals surface area contributed by atoms with Crippen molar-refractivity contribution in [1.82, 2.24) is 20.2 Å². The molecular formula is C10H11N5OS. The summed E-state index contributed by atoms with van der Waals surface area (Å²) in [7, 11) is 0. The van der Waals surface area contributed by atoms with E-state index in [1.165, 1.54) is 18.1 Å². The van der Waals surface area contributed by atoms with Gasteiger partial charge >= 0.3 is 0 Å². The molecule has 0 unspecified atom stereocenters. The number of carbonyl (C=O) groups excluding carboxylic acids is 1. The SMILES string of the molecule is CCSC(=O)Nc1ccc(-n2cnnn2)cc1. The van der Waals surface area contributed by atoms with Crippen molar-refractivity contribution in [2.75, 3.05) is 11.1 Å². The Balaban J connectivity index is 2.06. The molecule has 88 valence electrons. The normalized spacial score (nSPS) is 10.2. The van der Waals surface area contributed by atoms with E-state index < -0.39 is 0 Å². The van der Waals surface area contributed by atoms with Crippen molar-refractivity contribution in [3.8, 4) is 5.69 Å². The fraction of sp³-hybridized carbons (Fsp3) is 0.200. The van der Waals surface area contributed by atoms with Gasteiger partial charge < -0.3 is 5.32 Å². The number of thioether (sulfide) groups is 1. The zero-order valence-electron chi connectivity index (χ0n) is 9.20. The van der Waals surface area contributed by atoms with Gasteiger partial charge in [-0.2, -0.15) is 0 Å². The van der Waals surface area contributed by atoms with Crippen LogP contribution in [0.15, 0.2) is 30.6 Å². The van der Waals surface area contributed by atoms with E-state index in [1.54, 1.807) is 4.68 Å². The smallest absolute Gasteiger partial charge is 0.283 e. The Morgan fingerprint density at radius 1 is 1.41 bits per heavy atom. The molecule has 7 heteroatoms. The quantitative estimate of drug-likeness (QED) is 0.900. The largest absolute Gasteiger partial charge is 0.317 e. The molecule has 0 spiro atoms. The summed E-state index contributed by atoms with van der Waals surface area (Å²) in [6.07, 6.45) is 1.51. The van der Waals surface area contributed by atoms with Crippen LogP contribution < -0.4 is 5.32 Å². The van der Waals surface area contributed by atoms with Gasteiger partial charge in [0.05, 0.1) is 5.69 Å². The molecule has 0 radical (unpaired) electrons. The predicted octanol–water partition coefficient (Wildman–Crippen LogP) is 1.95. The predicted molar refractivity (Wildman–Crippen MR) is 66.3 cm³/mol. The second kappa shape index (κ2) is 5.44. The Labute approximate surface area is 102 Å². The zero-order valence-corrected chi connectivity index (χ0v) is 10.0. The highest BCUT2D eigenvalue weighted by molar-refractivity contribution is 8.13. The van der Waals surface area contributed by atoms with E-state index in [0.29, 0.717) is 0 Å². The maximum atomic E-state index is 11.3. The summed E-state index contributed by atoms with van der Waals surface area (Å²) in [5, 5.41) is 13.6. The summed E-state index contributed by atoms with van der Waals surface area (Å²) in [6.45, 7) is 1.94. The lowest BCUT2D eigenvalue weighted by atomic mass is 10.3. The number of nitrogens with one attached hydrogen (secondary N) is 1. The van der Waals surface area contributed by atoms with Crippen LogP contribution in [0.5, 0.6) is 0 Å². The zero-order chi connectivity index (χ0) is 12.1. The fourth-order valence-corrected chi connectivity index (χ4v) is 1.71. The molecule has 2 rings (SSSR count). The van der Waals surface area contributed by atoms with Crippen molar-refractivity contribution in [2.24, 2.45) is 0 Å². The Morgan fingerprint density at radius 3 is 2.76 bits per heavy atom. The average Bonchev–Trinajstić information content (AvgIpc) is 2.84. The van der Waals surface area contributed by atoms with Crippen LogP contribution in [0, 0.1) is 0 Å². The summed E-state index contributed by atoms with van der Waals surface area (Å²) in [4.78, 5) is 11.3. The molecule has 0 aliphatic carbocycles.